The Hall–Kier alpha value is -2.00. The molecule has 4 heteroatoms. The highest BCUT2D eigenvalue weighted by molar-refractivity contribution is 6.30. The van der Waals surface area contributed by atoms with Gasteiger partial charge >= 0.3 is 0 Å². The van der Waals surface area contributed by atoms with Gasteiger partial charge in [0.25, 0.3) is 0 Å². The number of rotatable bonds is 4. The van der Waals surface area contributed by atoms with Gasteiger partial charge in [0.2, 0.25) is 5.91 Å². The number of amides is 1. The number of nitrogens with one attached hydrogen (secondary N) is 2. The average molecular weight is 289 g/mol. The maximum Gasteiger partial charge on any atom is 0.246 e. The quantitative estimate of drug-likeness (QED) is 0.890. The molecule has 0 saturated carbocycles. The van der Waals surface area contributed by atoms with E-state index in [1.807, 2.05) is 50.2 Å². The number of benzene rings is 2. The number of anilines is 2. The van der Waals surface area contributed by atoms with Crippen molar-refractivity contribution >= 4 is 28.9 Å². The molecule has 104 valence electrons. The van der Waals surface area contributed by atoms with E-state index in [4.69, 9.17) is 11.6 Å². The third-order valence-electron chi connectivity index (χ3n) is 3.02. The summed E-state index contributed by atoms with van der Waals surface area (Å²) in [5, 5.41) is 6.73. The SMILES string of the molecule is Cc1ccccc1NC(=O)[C@@H](C)Nc1ccc(Cl)cc1. The van der Waals surface area contributed by atoms with Crippen molar-refractivity contribution in [1.29, 1.82) is 0 Å². The molecule has 0 heterocycles. The zero-order chi connectivity index (χ0) is 14.5. The topological polar surface area (TPSA) is 41.1 Å². The standard InChI is InChI=1S/C16H17ClN2O/c1-11-5-3-4-6-15(11)19-16(20)12(2)18-14-9-7-13(17)8-10-14/h3-10,12,18H,1-2H3,(H,19,20)/t12-/m1/s1. The molecule has 0 aliphatic heterocycles. The van der Waals surface area contributed by atoms with Gasteiger partial charge in [-0.05, 0) is 49.7 Å². The molecule has 2 N–H and O–H groups in total. The first-order chi connectivity index (χ1) is 9.56. The number of carbonyl (C=O) groups excluding carboxylic acids is 1. The summed E-state index contributed by atoms with van der Waals surface area (Å²) in [6, 6.07) is 14.6. The van der Waals surface area contributed by atoms with E-state index >= 15 is 0 Å². The van der Waals surface area contributed by atoms with Crippen LogP contribution in [0.1, 0.15) is 12.5 Å². The van der Waals surface area contributed by atoms with Gasteiger partial charge in [-0.1, -0.05) is 29.8 Å². The summed E-state index contributed by atoms with van der Waals surface area (Å²) in [7, 11) is 0. The Balaban J connectivity index is 1.99. The van der Waals surface area contributed by atoms with Crippen LogP contribution in [0.5, 0.6) is 0 Å². The van der Waals surface area contributed by atoms with E-state index < -0.39 is 0 Å². The fraction of sp³-hybridized carbons (Fsp3) is 0.188. The third kappa shape index (κ3) is 3.75. The fourth-order valence-corrected chi connectivity index (χ4v) is 1.94. The number of hydrogen-bond donors (Lipinski definition) is 2. The number of carbonyl (C=O) groups is 1. The Morgan fingerprint density at radius 1 is 1.10 bits per heavy atom. The summed E-state index contributed by atoms with van der Waals surface area (Å²) in [5.41, 5.74) is 2.74. The van der Waals surface area contributed by atoms with Crippen LogP contribution in [0.2, 0.25) is 5.02 Å². The van der Waals surface area contributed by atoms with Crippen LogP contribution < -0.4 is 10.6 Å². The molecule has 0 aliphatic carbocycles. The van der Waals surface area contributed by atoms with Crippen molar-refractivity contribution in [3.8, 4) is 0 Å². The van der Waals surface area contributed by atoms with Crippen LogP contribution in [0.25, 0.3) is 0 Å². The number of hydrogen-bond acceptors (Lipinski definition) is 2. The van der Waals surface area contributed by atoms with E-state index in [1.165, 1.54) is 0 Å². The Labute approximate surface area is 124 Å². The van der Waals surface area contributed by atoms with Gasteiger partial charge in [-0.2, -0.15) is 0 Å². The summed E-state index contributed by atoms with van der Waals surface area (Å²) in [4.78, 5) is 12.1. The smallest absolute Gasteiger partial charge is 0.246 e. The molecule has 0 saturated heterocycles. The zero-order valence-electron chi connectivity index (χ0n) is 11.5. The molecular weight excluding hydrogens is 272 g/mol. The van der Waals surface area contributed by atoms with Crippen molar-refractivity contribution in [3.63, 3.8) is 0 Å². The predicted octanol–water partition coefficient (Wildman–Crippen LogP) is 4.09. The van der Waals surface area contributed by atoms with Crippen LogP contribution in [0.4, 0.5) is 11.4 Å². The van der Waals surface area contributed by atoms with E-state index in [0.717, 1.165) is 16.9 Å². The number of halogens is 1. The first kappa shape index (κ1) is 14.4. The van der Waals surface area contributed by atoms with Crippen molar-refractivity contribution in [1.82, 2.24) is 0 Å². The molecule has 0 aromatic heterocycles. The first-order valence-corrected chi connectivity index (χ1v) is 6.82. The third-order valence-corrected chi connectivity index (χ3v) is 3.28. The van der Waals surface area contributed by atoms with Crippen LogP contribution in [0.15, 0.2) is 48.5 Å². The molecule has 0 bridgehead atoms. The molecule has 3 nitrogen and oxygen atoms in total. The molecule has 1 amide bonds. The Morgan fingerprint density at radius 3 is 2.40 bits per heavy atom. The average Bonchev–Trinajstić information content (AvgIpc) is 2.44. The molecule has 0 unspecified atom stereocenters. The van der Waals surface area contributed by atoms with E-state index in [-0.39, 0.29) is 11.9 Å². The maximum absolute atomic E-state index is 12.1. The van der Waals surface area contributed by atoms with E-state index in [2.05, 4.69) is 10.6 Å². The van der Waals surface area contributed by atoms with Gasteiger partial charge in [0.05, 0.1) is 0 Å². The molecule has 2 aromatic carbocycles. The lowest BCUT2D eigenvalue weighted by molar-refractivity contribution is -0.116. The lowest BCUT2D eigenvalue weighted by atomic mass is 10.2. The van der Waals surface area contributed by atoms with Gasteiger partial charge in [-0.3, -0.25) is 4.79 Å². The van der Waals surface area contributed by atoms with Gasteiger partial charge < -0.3 is 10.6 Å². The van der Waals surface area contributed by atoms with Crippen molar-refractivity contribution in [2.75, 3.05) is 10.6 Å². The van der Waals surface area contributed by atoms with Crippen LogP contribution in [-0.4, -0.2) is 11.9 Å². The minimum atomic E-state index is -0.337. The molecule has 2 rings (SSSR count). The summed E-state index contributed by atoms with van der Waals surface area (Å²) in [6.07, 6.45) is 0. The van der Waals surface area contributed by atoms with Crippen LogP contribution >= 0.6 is 11.6 Å². The summed E-state index contributed by atoms with van der Waals surface area (Å²) < 4.78 is 0. The Morgan fingerprint density at radius 2 is 1.75 bits per heavy atom. The van der Waals surface area contributed by atoms with E-state index in [0.29, 0.717) is 5.02 Å². The Kier molecular flexibility index (Phi) is 4.64. The normalized spacial score (nSPS) is 11.8. The van der Waals surface area contributed by atoms with Gasteiger partial charge in [0.1, 0.15) is 6.04 Å². The Bertz CT molecular complexity index is 596. The molecule has 0 fully saturated rings. The lowest BCUT2D eigenvalue weighted by Gasteiger charge is -2.16. The molecule has 1 atom stereocenters. The van der Waals surface area contributed by atoms with Gasteiger partial charge in [0.15, 0.2) is 0 Å². The van der Waals surface area contributed by atoms with Gasteiger partial charge in [0, 0.05) is 16.4 Å². The second-order valence-corrected chi connectivity index (χ2v) is 5.11. The zero-order valence-corrected chi connectivity index (χ0v) is 12.2. The van der Waals surface area contributed by atoms with Gasteiger partial charge in [-0.15, -0.1) is 0 Å². The second kappa shape index (κ2) is 6.44. The molecule has 0 spiro atoms. The fourth-order valence-electron chi connectivity index (χ4n) is 1.82. The van der Waals surface area contributed by atoms with Crippen molar-refractivity contribution in [2.24, 2.45) is 0 Å². The first-order valence-electron chi connectivity index (χ1n) is 6.45. The maximum atomic E-state index is 12.1. The predicted molar refractivity (Wildman–Crippen MR) is 84.3 cm³/mol. The van der Waals surface area contributed by atoms with Crippen molar-refractivity contribution in [3.05, 3.63) is 59.1 Å². The number of aryl methyl sites for hydroxylation is 1. The second-order valence-electron chi connectivity index (χ2n) is 4.68. The van der Waals surface area contributed by atoms with Crippen molar-refractivity contribution < 1.29 is 4.79 Å². The van der Waals surface area contributed by atoms with Crippen LogP contribution in [0.3, 0.4) is 0 Å². The molecule has 0 radical (unpaired) electrons. The minimum Gasteiger partial charge on any atom is -0.374 e. The van der Waals surface area contributed by atoms with Crippen molar-refractivity contribution in [2.45, 2.75) is 19.9 Å². The lowest BCUT2D eigenvalue weighted by Crippen LogP contribution is -2.32. The highest BCUT2D eigenvalue weighted by Crippen LogP contribution is 2.16. The van der Waals surface area contributed by atoms with E-state index in [9.17, 15) is 4.79 Å². The van der Waals surface area contributed by atoms with Crippen LogP contribution in [0, 0.1) is 6.92 Å². The number of para-hydroxylation sites is 1. The largest absolute Gasteiger partial charge is 0.374 e. The van der Waals surface area contributed by atoms with E-state index in [1.54, 1.807) is 12.1 Å². The minimum absolute atomic E-state index is 0.0748. The van der Waals surface area contributed by atoms with Crippen LogP contribution in [-0.2, 0) is 4.79 Å². The summed E-state index contributed by atoms with van der Waals surface area (Å²) >= 11 is 5.83. The summed E-state index contributed by atoms with van der Waals surface area (Å²) in [6.45, 7) is 3.79. The molecule has 2 aromatic rings. The molecule has 20 heavy (non-hydrogen) atoms. The monoisotopic (exact) mass is 288 g/mol. The highest BCUT2D eigenvalue weighted by atomic mass is 35.5. The molecule has 0 aliphatic rings. The molecular formula is C16H17ClN2O. The summed E-state index contributed by atoms with van der Waals surface area (Å²) in [5.74, 6) is -0.0748. The van der Waals surface area contributed by atoms with Gasteiger partial charge in [-0.25, -0.2) is 0 Å². The highest BCUT2D eigenvalue weighted by Gasteiger charge is 2.13.